The fourth-order valence-corrected chi connectivity index (χ4v) is 4.61. The molecule has 32 heavy (non-hydrogen) atoms. The van der Waals surface area contributed by atoms with E-state index in [1.165, 1.54) is 21.9 Å². The molecule has 5 nitrogen and oxygen atoms in total. The van der Waals surface area contributed by atoms with E-state index in [2.05, 4.69) is 89.7 Å². The summed E-state index contributed by atoms with van der Waals surface area (Å²) in [7, 11) is 0. The highest BCUT2D eigenvalue weighted by atomic mass is 16.5. The van der Waals surface area contributed by atoms with E-state index < -0.39 is 0 Å². The van der Waals surface area contributed by atoms with Crippen LogP contribution in [0, 0.1) is 13.8 Å². The van der Waals surface area contributed by atoms with Crippen molar-refractivity contribution in [1.82, 2.24) is 9.97 Å². The Bertz CT molecular complexity index is 1460. The second-order valence-corrected chi connectivity index (χ2v) is 8.64. The van der Waals surface area contributed by atoms with Crippen molar-refractivity contribution in [2.24, 2.45) is 0 Å². The molecule has 160 valence electrons. The van der Waals surface area contributed by atoms with E-state index in [9.17, 15) is 0 Å². The van der Waals surface area contributed by atoms with E-state index in [-0.39, 0.29) is 0 Å². The van der Waals surface area contributed by atoms with Gasteiger partial charge in [-0.3, -0.25) is 0 Å². The van der Waals surface area contributed by atoms with Crippen molar-refractivity contribution < 1.29 is 4.74 Å². The smallest absolute Gasteiger partial charge is 0.131 e. The minimum atomic E-state index is 0.743. The normalized spacial score (nSPS) is 14.5. The number of hydrogen-bond acceptors (Lipinski definition) is 4. The Kier molecular flexibility index (Phi) is 4.51. The summed E-state index contributed by atoms with van der Waals surface area (Å²) in [4.78, 5) is 10.8. The van der Waals surface area contributed by atoms with Crippen molar-refractivity contribution in [3.8, 4) is 0 Å². The first kappa shape index (κ1) is 19.1. The molecule has 0 saturated carbocycles. The van der Waals surface area contributed by atoms with Gasteiger partial charge in [-0.05, 0) is 61.4 Å². The number of anilines is 3. The number of para-hydroxylation sites is 1. The van der Waals surface area contributed by atoms with Crippen LogP contribution in [0.1, 0.15) is 11.1 Å². The molecule has 1 aliphatic rings. The molecule has 2 aromatic heterocycles. The fraction of sp³-hybridized carbons (Fsp3) is 0.222. The van der Waals surface area contributed by atoms with E-state index in [1.54, 1.807) is 0 Å². The Hall–Kier alpha value is -3.57. The molecule has 1 aliphatic heterocycles. The number of aromatic amines is 1. The Morgan fingerprint density at radius 2 is 1.62 bits per heavy atom. The number of aromatic nitrogens is 2. The number of aryl methyl sites for hydroxylation is 2. The molecule has 5 heteroatoms. The molecule has 1 fully saturated rings. The van der Waals surface area contributed by atoms with Crippen molar-refractivity contribution in [3.63, 3.8) is 0 Å². The van der Waals surface area contributed by atoms with Gasteiger partial charge in [0.2, 0.25) is 0 Å². The Morgan fingerprint density at radius 3 is 2.50 bits per heavy atom. The van der Waals surface area contributed by atoms with Crippen LogP contribution in [0.2, 0.25) is 0 Å². The molecule has 0 unspecified atom stereocenters. The van der Waals surface area contributed by atoms with Crippen LogP contribution in [0.15, 0.2) is 60.7 Å². The lowest BCUT2D eigenvalue weighted by molar-refractivity contribution is 0.122. The number of nitrogens with zero attached hydrogens (tertiary/aromatic N) is 2. The molecule has 3 aromatic carbocycles. The molecular formula is C27H26N4O. The van der Waals surface area contributed by atoms with Gasteiger partial charge in [-0.25, -0.2) is 4.98 Å². The van der Waals surface area contributed by atoms with Gasteiger partial charge in [-0.15, -0.1) is 0 Å². The van der Waals surface area contributed by atoms with Crippen LogP contribution in [0.4, 0.5) is 17.2 Å². The fourth-order valence-electron chi connectivity index (χ4n) is 4.61. The summed E-state index contributed by atoms with van der Waals surface area (Å²) in [6.45, 7) is 7.52. The summed E-state index contributed by atoms with van der Waals surface area (Å²) in [5.41, 5.74) is 8.02. The molecule has 0 aliphatic carbocycles. The zero-order valence-corrected chi connectivity index (χ0v) is 18.4. The second-order valence-electron chi connectivity index (χ2n) is 8.64. The van der Waals surface area contributed by atoms with Crippen molar-refractivity contribution in [2.45, 2.75) is 13.8 Å². The summed E-state index contributed by atoms with van der Waals surface area (Å²) in [6.07, 6.45) is 0. The summed E-state index contributed by atoms with van der Waals surface area (Å²) in [5.74, 6) is 1.000. The van der Waals surface area contributed by atoms with Crippen molar-refractivity contribution >= 4 is 49.9 Å². The number of benzene rings is 3. The topological polar surface area (TPSA) is 53.2 Å². The van der Waals surface area contributed by atoms with Crippen LogP contribution >= 0.6 is 0 Å². The molecule has 6 rings (SSSR count). The molecule has 0 radical (unpaired) electrons. The van der Waals surface area contributed by atoms with E-state index in [1.807, 2.05) is 0 Å². The van der Waals surface area contributed by atoms with E-state index in [4.69, 9.17) is 9.72 Å². The molecular weight excluding hydrogens is 396 g/mol. The van der Waals surface area contributed by atoms with Crippen molar-refractivity contribution in [2.75, 3.05) is 36.5 Å². The maximum Gasteiger partial charge on any atom is 0.131 e. The highest BCUT2D eigenvalue weighted by molar-refractivity contribution is 6.08. The van der Waals surface area contributed by atoms with Gasteiger partial charge in [-0.1, -0.05) is 18.2 Å². The Labute approximate surface area is 187 Å². The predicted molar refractivity (Wildman–Crippen MR) is 133 cm³/mol. The van der Waals surface area contributed by atoms with Crippen molar-refractivity contribution in [1.29, 1.82) is 0 Å². The molecule has 2 N–H and O–H groups in total. The van der Waals surface area contributed by atoms with Crippen molar-refractivity contribution in [3.05, 3.63) is 71.8 Å². The third kappa shape index (κ3) is 3.26. The monoisotopic (exact) mass is 422 g/mol. The minimum absolute atomic E-state index is 0.743. The van der Waals surface area contributed by atoms with Gasteiger partial charge in [0.1, 0.15) is 5.82 Å². The van der Waals surface area contributed by atoms with Crippen LogP contribution in [0.25, 0.3) is 32.7 Å². The van der Waals surface area contributed by atoms with Gasteiger partial charge < -0.3 is 19.9 Å². The SMILES string of the molecule is Cc1cc2nc(N3CCOCC3)cc(Nc3ccc4[nH]c5ccccc5c4c3)c2cc1C. The van der Waals surface area contributed by atoms with Gasteiger partial charge >= 0.3 is 0 Å². The number of ether oxygens (including phenoxy) is 1. The maximum atomic E-state index is 5.55. The average Bonchev–Trinajstić information content (AvgIpc) is 3.19. The van der Waals surface area contributed by atoms with Gasteiger partial charge in [0.05, 0.1) is 24.4 Å². The molecule has 0 atom stereocenters. The molecule has 0 bridgehead atoms. The van der Waals surface area contributed by atoms with Crippen LogP contribution in [0.5, 0.6) is 0 Å². The number of rotatable bonds is 3. The summed E-state index contributed by atoms with van der Waals surface area (Å²) >= 11 is 0. The maximum absolute atomic E-state index is 5.55. The zero-order chi connectivity index (χ0) is 21.7. The summed E-state index contributed by atoms with van der Waals surface area (Å²) < 4.78 is 5.55. The Morgan fingerprint density at radius 1 is 0.844 bits per heavy atom. The molecule has 5 aromatic rings. The van der Waals surface area contributed by atoms with Crippen LogP contribution in [0.3, 0.4) is 0 Å². The predicted octanol–water partition coefficient (Wildman–Crippen LogP) is 6.07. The first-order valence-corrected chi connectivity index (χ1v) is 11.2. The lowest BCUT2D eigenvalue weighted by atomic mass is 10.0. The standard InChI is InChI=1S/C27H26N4O/c1-17-13-22-25(14-18(17)2)30-27(31-9-11-32-12-10-31)16-26(22)28-19-7-8-24-21(15-19)20-5-3-4-6-23(20)29-24/h3-8,13-16,29H,9-12H2,1-2H3,(H,28,30). The average molecular weight is 423 g/mol. The Balaban J connectivity index is 1.48. The zero-order valence-electron chi connectivity index (χ0n) is 18.4. The number of morpholine rings is 1. The number of H-pyrrole nitrogens is 1. The van der Waals surface area contributed by atoms with Crippen LogP contribution < -0.4 is 10.2 Å². The quantitative estimate of drug-likeness (QED) is 0.371. The van der Waals surface area contributed by atoms with E-state index >= 15 is 0 Å². The van der Waals surface area contributed by atoms with E-state index in [0.29, 0.717) is 0 Å². The third-order valence-corrected chi connectivity index (χ3v) is 6.53. The molecule has 0 spiro atoms. The first-order valence-electron chi connectivity index (χ1n) is 11.2. The van der Waals surface area contributed by atoms with Crippen LogP contribution in [-0.2, 0) is 4.74 Å². The number of fused-ring (bicyclic) bond motifs is 4. The minimum Gasteiger partial charge on any atom is -0.378 e. The molecule has 1 saturated heterocycles. The highest BCUT2D eigenvalue weighted by Gasteiger charge is 2.16. The third-order valence-electron chi connectivity index (χ3n) is 6.53. The molecule has 0 amide bonds. The molecule has 3 heterocycles. The lowest BCUT2D eigenvalue weighted by Crippen LogP contribution is -2.36. The second kappa shape index (κ2) is 7.53. The number of nitrogens with one attached hydrogen (secondary N) is 2. The summed E-state index contributed by atoms with van der Waals surface area (Å²) in [6, 6.07) is 21.6. The van der Waals surface area contributed by atoms with Gasteiger partial charge in [0, 0.05) is 52.0 Å². The summed E-state index contributed by atoms with van der Waals surface area (Å²) in [5, 5.41) is 7.32. The number of pyridine rings is 1. The highest BCUT2D eigenvalue weighted by Crippen LogP contribution is 2.34. The van der Waals surface area contributed by atoms with Gasteiger partial charge in [-0.2, -0.15) is 0 Å². The number of hydrogen-bond donors (Lipinski definition) is 2. The van der Waals surface area contributed by atoms with E-state index in [0.717, 1.165) is 65.4 Å². The first-order chi connectivity index (χ1) is 15.7. The lowest BCUT2D eigenvalue weighted by Gasteiger charge is -2.28. The van der Waals surface area contributed by atoms with Gasteiger partial charge in [0.15, 0.2) is 0 Å². The largest absolute Gasteiger partial charge is 0.378 e. The van der Waals surface area contributed by atoms with Crippen LogP contribution in [-0.4, -0.2) is 36.3 Å². The van der Waals surface area contributed by atoms with Gasteiger partial charge in [0.25, 0.3) is 0 Å².